The van der Waals surface area contributed by atoms with Crippen molar-refractivity contribution in [2.75, 3.05) is 17.2 Å². The molecule has 154 valence electrons. The van der Waals surface area contributed by atoms with Gasteiger partial charge in [-0.2, -0.15) is 0 Å². The van der Waals surface area contributed by atoms with Crippen LogP contribution < -0.4 is 16.0 Å². The number of anilines is 2. The number of rotatable bonds is 8. The number of aromatic carboxylic acids is 1. The maximum absolute atomic E-state index is 11.4. The molecule has 30 heavy (non-hydrogen) atoms. The van der Waals surface area contributed by atoms with Crippen molar-refractivity contribution in [2.45, 2.75) is 32.5 Å². The van der Waals surface area contributed by atoms with Crippen molar-refractivity contribution in [3.05, 3.63) is 88.7 Å². The zero-order valence-electron chi connectivity index (χ0n) is 17.0. The number of nitrogens with zero attached hydrogens (tertiary/aromatic N) is 1. The van der Waals surface area contributed by atoms with Gasteiger partial charge in [-0.25, -0.2) is 4.79 Å². The Bertz CT molecular complexity index is 1030. The van der Waals surface area contributed by atoms with Crippen LogP contribution in [0.2, 0.25) is 0 Å². The smallest absolute Gasteiger partial charge is 0.337 e. The van der Waals surface area contributed by atoms with E-state index in [0.29, 0.717) is 12.2 Å². The summed E-state index contributed by atoms with van der Waals surface area (Å²) in [5, 5.41) is 19.5. The van der Waals surface area contributed by atoms with Crippen LogP contribution in [0.3, 0.4) is 0 Å². The second kappa shape index (κ2) is 8.97. The molecule has 0 spiro atoms. The highest BCUT2D eigenvalue weighted by atomic mass is 16.4. The van der Waals surface area contributed by atoms with Crippen molar-refractivity contribution in [1.29, 1.82) is 0 Å². The zero-order valence-corrected chi connectivity index (χ0v) is 17.0. The molecule has 0 saturated carbocycles. The van der Waals surface area contributed by atoms with E-state index in [2.05, 4.69) is 70.3 Å². The second-order valence-electron chi connectivity index (χ2n) is 7.48. The summed E-state index contributed by atoms with van der Waals surface area (Å²) in [5.41, 5.74) is 6.98. The number of carbonyl (C=O) groups is 1. The lowest BCUT2D eigenvalue weighted by molar-refractivity contribution is 0.0698. The van der Waals surface area contributed by atoms with E-state index in [0.717, 1.165) is 25.2 Å². The summed E-state index contributed by atoms with van der Waals surface area (Å²) in [6.07, 6.45) is 4.10. The lowest BCUT2D eigenvalue weighted by Crippen LogP contribution is -2.22. The number of fused-ring (bicyclic) bond motifs is 1. The molecule has 6 nitrogen and oxygen atoms in total. The Morgan fingerprint density at radius 3 is 2.70 bits per heavy atom. The van der Waals surface area contributed by atoms with Crippen LogP contribution in [0.25, 0.3) is 0 Å². The van der Waals surface area contributed by atoms with E-state index < -0.39 is 5.97 Å². The molecule has 6 heteroatoms. The molecule has 4 rings (SSSR count). The first-order valence-corrected chi connectivity index (χ1v) is 10.2. The summed E-state index contributed by atoms with van der Waals surface area (Å²) < 4.78 is 0. The van der Waals surface area contributed by atoms with Gasteiger partial charge in [-0.3, -0.25) is 4.98 Å². The van der Waals surface area contributed by atoms with Crippen LogP contribution in [0.4, 0.5) is 11.4 Å². The van der Waals surface area contributed by atoms with Gasteiger partial charge in [0.05, 0.1) is 23.5 Å². The van der Waals surface area contributed by atoms with E-state index in [1.807, 2.05) is 0 Å². The van der Waals surface area contributed by atoms with Crippen molar-refractivity contribution < 1.29 is 9.90 Å². The van der Waals surface area contributed by atoms with Crippen LogP contribution in [-0.4, -0.2) is 22.6 Å². The van der Waals surface area contributed by atoms with Gasteiger partial charge in [-0.05, 0) is 46.9 Å². The molecular formula is C24H26N4O2. The number of hydrogen-bond acceptors (Lipinski definition) is 5. The van der Waals surface area contributed by atoms with Crippen LogP contribution in [-0.2, 0) is 19.5 Å². The minimum absolute atomic E-state index is 0.123. The largest absolute Gasteiger partial charge is 0.478 e. The lowest BCUT2D eigenvalue weighted by atomic mass is 10.0. The molecule has 2 heterocycles. The monoisotopic (exact) mass is 402 g/mol. The Balaban J connectivity index is 1.38. The van der Waals surface area contributed by atoms with E-state index in [9.17, 15) is 9.90 Å². The predicted molar refractivity (Wildman–Crippen MR) is 119 cm³/mol. The van der Waals surface area contributed by atoms with Crippen LogP contribution in [0.15, 0.2) is 60.9 Å². The fourth-order valence-electron chi connectivity index (χ4n) is 3.76. The third kappa shape index (κ3) is 4.44. The summed E-state index contributed by atoms with van der Waals surface area (Å²) in [7, 11) is 0. The molecule has 0 aliphatic carbocycles. The van der Waals surface area contributed by atoms with Gasteiger partial charge in [0, 0.05) is 31.5 Å². The maximum Gasteiger partial charge on any atom is 0.337 e. The topological polar surface area (TPSA) is 86.3 Å². The van der Waals surface area contributed by atoms with Crippen LogP contribution >= 0.6 is 0 Å². The average molecular weight is 402 g/mol. The molecule has 0 amide bonds. The average Bonchev–Trinajstić information content (AvgIpc) is 3.19. The Hall–Kier alpha value is -3.38. The number of aromatic nitrogens is 1. The molecule has 2 aromatic carbocycles. The molecule has 1 aliphatic rings. The first kappa shape index (κ1) is 19.9. The number of benzene rings is 2. The van der Waals surface area contributed by atoms with E-state index in [4.69, 9.17) is 0 Å². The zero-order chi connectivity index (χ0) is 20.9. The Kier molecular flexibility index (Phi) is 5.95. The first-order chi connectivity index (χ1) is 14.6. The molecule has 1 atom stereocenters. The molecule has 0 radical (unpaired) electrons. The predicted octanol–water partition coefficient (Wildman–Crippen LogP) is 4.21. The normalized spacial score (nSPS) is 14.9. The summed E-state index contributed by atoms with van der Waals surface area (Å²) in [5.74, 6) is -0.959. The number of pyridine rings is 1. The van der Waals surface area contributed by atoms with Crippen LogP contribution in [0.5, 0.6) is 0 Å². The van der Waals surface area contributed by atoms with Gasteiger partial charge in [0.15, 0.2) is 0 Å². The van der Waals surface area contributed by atoms with Gasteiger partial charge in [0.25, 0.3) is 0 Å². The van der Waals surface area contributed by atoms with Gasteiger partial charge in [0.2, 0.25) is 0 Å². The summed E-state index contributed by atoms with van der Waals surface area (Å²) in [6.45, 7) is 4.34. The van der Waals surface area contributed by atoms with Crippen molar-refractivity contribution in [3.8, 4) is 0 Å². The number of carboxylic acid groups (broad SMARTS) is 1. The SMILES string of the molecule is CCc1ccc(CNc2ccc3c(c2)CN[C@H]3CNc2cnccc2C(=O)O)cc1. The minimum atomic E-state index is -0.959. The van der Waals surface area contributed by atoms with Gasteiger partial charge in [-0.15, -0.1) is 0 Å². The van der Waals surface area contributed by atoms with Crippen molar-refractivity contribution >= 4 is 17.3 Å². The highest BCUT2D eigenvalue weighted by Crippen LogP contribution is 2.28. The molecule has 4 N–H and O–H groups in total. The third-order valence-electron chi connectivity index (χ3n) is 5.53. The van der Waals surface area contributed by atoms with E-state index >= 15 is 0 Å². The van der Waals surface area contributed by atoms with Gasteiger partial charge < -0.3 is 21.1 Å². The Labute approximate surface area is 176 Å². The van der Waals surface area contributed by atoms with E-state index in [1.54, 1.807) is 6.20 Å². The standard InChI is InChI=1S/C24H26N4O2/c1-2-16-3-5-17(6-4-16)12-26-19-7-8-20-18(11-19)13-27-23(20)15-28-22-14-25-10-9-21(22)24(29)30/h3-11,14,23,26-28H,2,12-13,15H2,1H3,(H,29,30)/t23-/m0/s1. The molecule has 0 unspecified atom stereocenters. The third-order valence-corrected chi connectivity index (χ3v) is 5.53. The van der Waals surface area contributed by atoms with Crippen molar-refractivity contribution in [2.24, 2.45) is 0 Å². The molecule has 0 bridgehead atoms. The first-order valence-electron chi connectivity index (χ1n) is 10.2. The molecule has 0 fully saturated rings. The second-order valence-corrected chi connectivity index (χ2v) is 7.48. The molecule has 1 aliphatic heterocycles. The van der Waals surface area contributed by atoms with E-state index in [1.165, 1.54) is 34.5 Å². The highest BCUT2D eigenvalue weighted by Gasteiger charge is 2.22. The van der Waals surface area contributed by atoms with Crippen LogP contribution in [0.1, 0.15) is 45.6 Å². The van der Waals surface area contributed by atoms with E-state index in [-0.39, 0.29) is 11.6 Å². The fraction of sp³-hybridized carbons (Fsp3) is 0.250. The molecule has 3 aromatic rings. The number of carboxylic acids is 1. The Morgan fingerprint density at radius 1 is 1.13 bits per heavy atom. The number of hydrogen-bond donors (Lipinski definition) is 4. The Morgan fingerprint density at radius 2 is 1.93 bits per heavy atom. The summed E-state index contributed by atoms with van der Waals surface area (Å²) >= 11 is 0. The maximum atomic E-state index is 11.4. The van der Waals surface area contributed by atoms with Crippen molar-refractivity contribution in [3.63, 3.8) is 0 Å². The number of aryl methyl sites for hydroxylation is 1. The van der Waals surface area contributed by atoms with Crippen molar-refractivity contribution in [1.82, 2.24) is 10.3 Å². The minimum Gasteiger partial charge on any atom is -0.478 e. The highest BCUT2D eigenvalue weighted by molar-refractivity contribution is 5.93. The van der Waals surface area contributed by atoms with Gasteiger partial charge >= 0.3 is 5.97 Å². The van der Waals surface area contributed by atoms with Gasteiger partial charge in [-0.1, -0.05) is 37.3 Å². The quantitative estimate of drug-likeness (QED) is 0.452. The lowest BCUT2D eigenvalue weighted by Gasteiger charge is -2.16. The summed E-state index contributed by atoms with van der Waals surface area (Å²) in [4.78, 5) is 15.4. The molecule has 1 aromatic heterocycles. The molecular weight excluding hydrogens is 376 g/mol. The fourth-order valence-corrected chi connectivity index (χ4v) is 3.76. The van der Waals surface area contributed by atoms with Gasteiger partial charge in [0.1, 0.15) is 0 Å². The van der Waals surface area contributed by atoms with Crippen LogP contribution in [0, 0.1) is 0 Å². The molecule has 0 saturated heterocycles. The number of nitrogens with one attached hydrogen (secondary N) is 3. The summed E-state index contributed by atoms with van der Waals surface area (Å²) in [6, 6.07) is 16.8.